The molecule has 5 unspecified atom stereocenters. The molecule has 29 nitrogen and oxygen atoms in total. The number of allylic oxidation sites excluding steroid dienone is 12. The minimum absolute atomic E-state index is 0.148. The zero-order valence-electron chi connectivity index (χ0n) is 53.4. The van der Waals surface area contributed by atoms with E-state index in [-0.39, 0.29) is 44.7 Å². The Balaban J connectivity index is 1.26. The van der Waals surface area contributed by atoms with Crippen molar-refractivity contribution in [3.05, 3.63) is 85.1 Å². The van der Waals surface area contributed by atoms with Gasteiger partial charge in [0.05, 0.1) is 105 Å². The summed E-state index contributed by atoms with van der Waals surface area (Å²) < 4.78 is 40.9. The summed E-state index contributed by atoms with van der Waals surface area (Å²) in [5.41, 5.74) is 0. The molecular weight excluding hydrogens is 1230 g/mol. The van der Waals surface area contributed by atoms with Crippen molar-refractivity contribution < 1.29 is 130 Å². The van der Waals surface area contributed by atoms with Crippen molar-refractivity contribution in [1.82, 2.24) is 15.1 Å². The largest absolute Gasteiger partial charge is 0.462 e. The van der Waals surface area contributed by atoms with E-state index >= 15 is 0 Å². The maximum absolute atomic E-state index is 14.6. The van der Waals surface area contributed by atoms with Gasteiger partial charge in [0.15, 0.2) is 18.4 Å². The lowest BCUT2D eigenvalue weighted by atomic mass is 9.81. The highest BCUT2D eigenvalue weighted by molar-refractivity contribution is 5.80. The number of fused-ring (bicyclic) bond motifs is 2. The maximum atomic E-state index is 14.6. The fourth-order valence-electron chi connectivity index (χ4n) is 12.2. The molecule has 18 N–H and O–H groups in total. The molecule has 5 fully saturated rings. The molecule has 0 aromatic rings. The van der Waals surface area contributed by atoms with E-state index in [9.17, 15) is 96.4 Å². The molecule has 0 saturated carbocycles. The number of carbonyl (C=O) groups is 2. The number of ether oxygens (including phenoxy) is 7. The summed E-state index contributed by atoms with van der Waals surface area (Å²) in [7, 11) is 1.89. The molecule has 2 bridgehead atoms. The molecule has 0 radical (unpaired) electrons. The summed E-state index contributed by atoms with van der Waals surface area (Å²) in [5.74, 6) is -8.52. The third-order valence-corrected chi connectivity index (χ3v) is 18.2. The number of piperazine rings is 1. The number of amides is 1. The zero-order valence-corrected chi connectivity index (χ0v) is 53.4. The van der Waals surface area contributed by atoms with Crippen molar-refractivity contribution in [1.29, 1.82) is 0 Å². The van der Waals surface area contributed by atoms with E-state index < -0.39 is 221 Å². The van der Waals surface area contributed by atoms with E-state index in [1.807, 2.05) is 18.9 Å². The van der Waals surface area contributed by atoms with E-state index in [0.29, 0.717) is 13.1 Å². The van der Waals surface area contributed by atoms with E-state index in [2.05, 4.69) is 5.32 Å². The van der Waals surface area contributed by atoms with Gasteiger partial charge in [0.1, 0.15) is 54.9 Å². The Bertz CT molecular complexity index is 2500. The van der Waals surface area contributed by atoms with Gasteiger partial charge in [-0.2, -0.15) is 0 Å². The van der Waals surface area contributed by atoms with Crippen molar-refractivity contribution in [2.45, 2.75) is 231 Å². The predicted octanol–water partition coefficient (Wildman–Crippen LogP) is -4.34. The summed E-state index contributed by atoms with van der Waals surface area (Å²) in [4.78, 5) is 31.0. The minimum atomic E-state index is -2.67. The number of esters is 1. The van der Waals surface area contributed by atoms with Gasteiger partial charge >= 0.3 is 5.97 Å². The number of aliphatic hydroxyl groups excluding tert-OH is 15. The van der Waals surface area contributed by atoms with Crippen molar-refractivity contribution in [2.75, 3.05) is 53.0 Å². The molecule has 6 aliphatic rings. The Hall–Kier alpha value is -3.88. The third-order valence-electron chi connectivity index (χ3n) is 18.2. The second kappa shape index (κ2) is 36.6. The van der Waals surface area contributed by atoms with Gasteiger partial charge in [-0.15, -0.1) is 0 Å². The van der Waals surface area contributed by atoms with Gasteiger partial charge < -0.3 is 135 Å². The number of cyclic esters (lactones) is 1. The van der Waals surface area contributed by atoms with Crippen LogP contribution in [0.2, 0.25) is 0 Å². The number of carbonyl (C=O) groups excluding carboxylic acids is 2. The molecule has 0 aromatic carbocycles. The molecule has 5 saturated heterocycles. The van der Waals surface area contributed by atoms with E-state index in [4.69, 9.17) is 33.2 Å². The molecule has 0 aromatic heterocycles. The first-order valence-electron chi connectivity index (χ1n) is 32.1. The normalized spacial score (nSPS) is 46.6. The lowest BCUT2D eigenvalue weighted by Gasteiger charge is -2.48. The molecule has 28 atom stereocenters. The van der Waals surface area contributed by atoms with Crippen LogP contribution in [0.25, 0.3) is 0 Å². The lowest BCUT2D eigenvalue weighted by Crippen LogP contribution is -2.70. The zero-order chi connectivity index (χ0) is 68.5. The highest BCUT2D eigenvalue weighted by Gasteiger charge is 2.56. The molecule has 6 aliphatic heterocycles. The highest BCUT2D eigenvalue weighted by Crippen LogP contribution is 2.40. The molecule has 6 rings (SSSR count). The van der Waals surface area contributed by atoms with Crippen molar-refractivity contribution in [2.24, 2.45) is 17.8 Å². The van der Waals surface area contributed by atoms with Crippen LogP contribution in [0.5, 0.6) is 0 Å². The van der Waals surface area contributed by atoms with Crippen LogP contribution in [0.4, 0.5) is 0 Å². The lowest BCUT2D eigenvalue weighted by molar-refractivity contribution is -0.368. The van der Waals surface area contributed by atoms with Crippen molar-refractivity contribution >= 4 is 11.9 Å². The van der Waals surface area contributed by atoms with Crippen LogP contribution >= 0.6 is 0 Å². The average Bonchev–Trinajstić information content (AvgIpc) is 0.812. The molecule has 6 heterocycles. The number of hydrogen-bond acceptors (Lipinski definition) is 28. The Labute approximate surface area is 542 Å². The Morgan fingerprint density at radius 1 is 0.613 bits per heavy atom. The van der Waals surface area contributed by atoms with Crippen LogP contribution in [0, 0.1) is 17.8 Å². The smallest absolute Gasteiger partial charge is 0.308 e. The summed E-state index contributed by atoms with van der Waals surface area (Å²) in [6.07, 6.45) is -13.2. The number of nitrogens with one attached hydrogen (secondary N) is 1. The minimum Gasteiger partial charge on any atom is -0.462 e. The fraction of sp³-hybridized carbons (Fsp3) is 0.750. The molecule has 93 heavy (non-hydrogen) atoms. The van der Waals surface area contributed by atoms with Crippen molar-refractivity contribution in [3.8, 4) is 0 Å². The number of likely N-dealkylation sites (N-methyl/N-ethyl adjacent to an activating group) is 1. The summed E-state index contributed by atoms with van der Waals surface area (Å²) in [6, 6.07) is -1.46. The van der Waals surface area contributed by atoms with Gasteiger partial charge in [-0.05, 0) is 40.2 Å². The van der Waals surface area contributed by atoms with Gasteiger partial charge in [0, 0.05) is 63.7 Å². The quantitative estimate of drug-likeness (QED) is 0.0971. The molecule has 29 heteroatoms. The first kappa shape index (κ1) is 78.1. The summed E-state index contributed by atoms with van der Waals surface area (Å²) in [5, 5.41) is 191. The van der Waals surface area contributed by atoms with Crippen LogP contribution < -0.4 is 5.32 Å². The molecule has 0 spiro atoms. The van der Waals surface area contributed by atoms with Crippen LogP contribution in [-0.2, 0) is 42.7 Å². The standard InChI is InChI=1S/C64H103N3O26/c1-35-18-16-14-12-10-8-6-7-9-11-13-15-17-19-42(90-61-55(80)51(53(78)38(4)89-61)65-34-64(86)59(83)58(46(75)33-87-64)92-62-57(82)56(81)54(79)48(32-68)91-62)29-47-50(60(84)67-24-22-66(5)23-25-67)45(74)31-63(85,93-47)30-41(71)27-44(73)43(72)21-20-39(69)26-40(70)28-49(76)88-37(3)36(2)52(35)77/h6-19,35-48,50-59,61-62,65,68-75,77-83,85-86H,20-34H2,1-5H3/b7-6+,10-8+,11-9+,14-12+,15-13+,18-16+,19-17+/t35-,36?,37-,38+,39+,40+,41-,42-,43+,44+,45-,46+,47?,48+,50?,51-,52+,53+,54+,55-,56-,57+,58+,59-,61?,62?,63+,64+/m0/s1. The first-order chi connectivity index (χ1) is 44.0. The highest BCUT2D eigenvalue weighted by atomic mass is 16.7. The first-order valence-corrected chi connectivity index (χ1v) is 32.1. The van der Waals surface area contributed by atoms with E-state index in [1.165, 1.54) is 13.0 Å². The van der Waals surface area contributed by atoms with Crippen LogP contribution in [0.15, 0.2) is 85.1 Å². The monoisotopic (exact) mass is 1330 g/mol. The van der Waals surface area contributed by atoms with E-state index in [1.54, 1.807) is 97.7 Å². The number of nitrogens with zero attached hydrogens (tertiary/aromatic N) is 2. The molecule has 1 amide bonds. The molecular formula is C64H103N3O26. The van der Waals surface area contributed by atoms with E-state index in [0.717, 1.165) is 0 Å². The molecule has 530 valence electrons. The van der Waals surface area contributed by atoms with Gasteiger partial charge in [-0.1, -0.05) is 98.9 Å². The number of hydrogen-bond donors (Lipinski definition) is 18. The second-order valence-corrected chi connectivity index (χ2v) is 25.7. The second-order valence-electron chi connectivity index (χ2n) is 25.7. The van der Waals surface area contributed by atoms with Gasteiger partial charge in [0.25, 0.3) is 0 Å². The Morgan fingerprint density at radius 2 is 1.22 bits per heavy atom. The average molecular weight is 1330 g/mol. The van der Waals surface area contributed by atoms with Gasteiger partial charge in [-0.3, -0.25) is 9.59 Å². The number of rotatable bonds is 9. The SMILES string of the molecule is CC1[C@H](C)OC(=O)C[C@H](O)C[C@H](O)CC[C@@H](O)[C@H](O)C[C@H](O)C[C@]2(O)C[C@H](O)C(C(=O)N3CCN(C)CC3)C(C[C@@H](OC3O[C@H](C)[C@@H](O)[C@H](NC[C@@]4(O)OC[C@@H](O)[C@@H](OC5O[C@H](CO)[C@@H](O)[C@H](O)[C@H]5O)[C@@H]4O)[C@@H]3O)/C=C/C=C/C=C/C=C/C=C/C=C/C=C/[C@H](C)[C@H]1O)O2. The van der Waals surface area contributed by atoms with Gasteiger partial charge in [-0.25, -0.2) is 0 Å². The van der Waals surface area contributed by atoms with Crippen molar-refractivity contribution in [3.63, 3.8) is 0 Å². The van der Waals surface area contributed by atoms with Crippen LogP contribution in [0.1, 0.15) is 79.1 Å². The van der Waals surface area contributed by atoms with Gasteiger partial charge in [0.2, 0.25) is 11.7 Å². The Morgan fingerprint density at radius 3 is 1.84 bits per heavy atom. The van der Waals surface area contributed by atoms with Crippen LogP contribution in [0.3, 0.4) is 0 Å². The fourth-order valence-corrected chi connectivity index (χ4v) is 12.2. The third kappa shape index (κ3) is 22.3. The maximum Gasteiger partial charge on any atom is 0.308 e. The van der Waals surface area contributed by atoms with Crippen LogP contribution in [-0.4, -0.2) is 314 Å². The topological polar surface area (TPSA) is 461 Å². The number of aliphatic hydroxyl groups is 17. The predicted molar refractivity (Wildman–Crippen MR) is 329 cm³/mol. The summed E-state index contributed by atoms with van der Waals surface area (Å²) in [6.45, 7) is 5.89. The molecule has 0 aliphatic carbocycles. The Kier molecular flexibility index (Phi) is 30.8. The summed E-state index contributed by atoms with van der Waals surface area (Å²) >= 11 is 0.